The minimum absolute atomic E-state index is 0.130. The number of nitrogens with zero attached hydrogens (tertiary/aromatic N) is 2. The fourth-order valence-corrected chi connectivity index (χ4v) is 6.62. The van der Waals surface area contributed by atoms with Crippen LogP contribution in [-0.2, 0) is 20.0 Å². The van der Waals surface area contributed by atoms with Crippen molar-refractivity contribution in [2.45, 2.75) is 24.7 Å². The number of thioether (sulfide) groups is 1. The lowest BCUT2D eigenvalue weighted by Crippen LogP contribution is -2.38. The van der Waals surface area contributed by atoms with Gasteiger partial charge in [0.05, 0.1) is 22.9 Å². The average molecular weight is 390 g/mol. The van der Waals surface area contributed by atoms with Crippen LogP contribution in [0, 0.1) is 6.92 Å². The number of aliphatic imine (C=N–C) groups is 1. The van der Waals surface area contributed by atoms with E-state index >= 15 is 0 Å². The second-order valence-electron chi connectivity index (χ2n) is 5.69. The quantitative estimate of drug-likeness (QED) is 0.841. The normalized spacial score (nSPS) is 20.7. The van der Waals surface area contributed by atoms with Gasteiger partial charge in [-0.05, 0) is 43.5 Å². The maximum absolute atomic E-state index is 12.5. The summed E-state index contributed by atoms with van der Waals surface area (Å²) in [5, 5.41) is 0.400. The minimum Gasteiger partial charge on any atom is -0.270 e. The van der Waals surface area contributed by atoms with Gasteiger partial charge >= 0.3 is 0 Å². The molecule has 0 radical (unpaired) electrons. The molecular weight excluding hydrogens is 370 g/mol. The molecule has 0 spiro atoms. The molecule has 2 aliphatic rings. The Morgan fingerprint density at radius 3 is 2.71 bits per heavy atom. The van der Waals surface area contributed by atoms with Crippen LogP contribution in [0.5, 0.6) is 0 Å². The van der Waals surface area contributed by atoms with Crippen molar-refractivity contribution in [3.8, 4) is 0 Å². The molecule has 24 heavy (non-hydrogen) atoms. The summed E-state index contributed by atoms with van der Waals surface area (Å²) in [4.78, 5) is 4.22. The Kier molecular flexibility index (Phi) is 4.80. The second-order valence-corrected chi connectivity index (χ2v) is 10.4. The third-order valence-electron chi connectivity index (χ3n) is 3.89. The number of aryl methyl sites for hydroxylation is 1. The summed E-state index contributed by atoms with van der Waals surface area (Å²) in [5.74, 6) is 0.896. The molecule has 1 fully saturated rings. The number of sulfonamides is 2. The Bertz CT molecular complexity index is 879. The van der Waals surface area contributed by atoms with Crippen LogP contribution in [0.3, 0.4) is 0 Å². The van der Waals surface area contributed by atoms with E-state index in [2.05, 4.69) is 9.71 Å². The monoisotopic (exact) mass is 389 g/mol. The van der Waals surface area contributed by atoms with Crippen molar-refractivity contribution in [2.24, 2.45) is 4.99 Å². The van der Waals surface area contributed by atoms with Gasteiger partial charge in [-0.2, -0.15) is 0 Å². The Hall–Kier alpha value is -1.26. The van der Waals surface area contributed by atoms with E-state index in [0.717, 1.165) is 12.2 Å². The van der Waals surface area contributed by atoms with Crippen LogP contribution >= 0.6 is 11.8 Å². The van der Waals surface area contributed by atoms with E-state index in [4.69, 9.17) is 0 Å². The Balaban J connectivity index is 1.89. The first-order chi connectivity index (χ1) is 11.3. The molecule has 0 unspecified atom stereocenters. The van der Waals surface area contributed by atoms with Crippen molar-refractivity contribution >= 4 is 42.7 Å². The number of nitrogens with one attached hydrogen (secondary N) is 1. The molecule has 0 amide bonds. The highest BCUT2D eigenvalue weighted by Crippen LogP contribution is 2.27. The third kappa shape index (κ3) is 3.55. The van der Waals surface area contributed by atoms with E-state index in [1.54, 1.807) is 19.1 Å². The number of hydrogen-bond donors (Lipinski definition) is 1. The van der Waals surface area contributed by atoms with Crippen molar-refractivity contribution < 1.29 is 16.8 Å². The molecule has 0 aliphatic carbocycles. The molecule has 10 heteroatoms. The lowest BCUT2D eigenvalue weighted by Gasteiger charge is -2.28. The molecule has 0 bridgehead atoms. The Labute approximate surface area is 146 Å². The fourth-order valence-electron chi connectivity index (χ4n) is 2.74. The maximum Gasteiger partial charge on any atom is 0.263 e. The maximum atomic E-state index is 12.5. The Morgan fingerprint density at radius 2 is 2.08 bits per heavy atom. The van der Waals surface area contributed by atoms with E-state index in [0.29, 0.717) is 35.9 Å². The van der Waals surface area contributed by atoms with Crippen LogP contribution in [0.2, 0.25) is 0 Å². The van der Waals surface area contributed by atoms with Crippen molar-refractivity contribution in [2.75, 3.05) is 28.9 Å². The first kappa shape index (κ1) is 17.6. The highest BCUT2D eigenvalue weighted by molar-refractivity contribution is 8.15. The van der Waals surface area contributed by atoms with Crippen LogP contribution in [-0.4, -0.2) is 46.6 Å². The van der Waals surface area contributed by atoms with Gasteiger partial charge in [-0.3, -0.25) is 14.0 Å². The van der Waals surface area contributed by atoms with Gasteiger partial charge in [0.1, 0.15) is 0 Å². The zero-order valence-corrected chi connectivity index (χ0v) is 15.7. The molecule has 0 atom stereocenters. The highest BCUT2D eigenvalue weighted by atomic mass is 32.2. The van der Waals surface area contributed by atoms with Gasteiger partial charge < -0.3 is 0 Å². The Morgan fingerprint density at radius 1 is 1.29 bits per heavy atom. The van der Waals surface area contributed by atoms with E-state index < -0.39 is 20.0 Å². The summed E-state index contributed by atoms with van der Waals surface area (Å²) in [7, 11) is -7.03. The van der Waals surface area contributed by atoms with E-state index in [-0.39, 0.29) is 10.6 Å². The van der Waals surface area contributed by atoms with Crippen molar-refractivity contribution in [1.29, 1.82) is 0 Å². The van der Waals surface area contributed by atoms with Gasteiger partial charge in [0.15, 0.2) is 5.17 Å². The first-order valence-electron chi connectivity index (χ1n) is 7.61. The summed E-state index contributed by atoms with van der Waals surface area (Å²) in [6.07, 6.45) is 1.46. The summed E-state index contributed by atoms with van der Waals surface area (Å²) >= 11 is 1.37. The summed E-state index contributed by atoms with van der Waals surface area (Å²) < 4.78 is 53.2. The molecule has 1 aromatic carbocycles. The molecule has 2 aliphatic heterocycles. The van der Waals surface area contributed by atoms with Crippen molar-refractivity contribution in [3.05, 3.63) is 23.8 Å². The number of rotatable bonds is 3. The van der Waals surface area contributed by atoms with Crippen molar-refractivity contribution in [3.63, 3.8) is 0 Å². The van der Waals surface area contributed by atoms with Crippen LogP contribution in [0.15, 0.2) is 28.1 Å². The summed E-state index contributed by atoms with van der Waals surface area (Å²) in [5.41, 5.74) is 1.02. The molecular formula is C14H19N3O4S3. The highest BCUT2D eigenvalue weighted by Gasteiger charge is 2.27. The predicted octanol–water partition coefficient (Wildman–Crippen LogP) is 1.31. The standard InChI is InChI=1S/C14H19N3O4S3/c1-11-10-12(17-7-2-3-9-23(17,18)19)4-5-13(11)24(20,21)16-14-15-6-8-22-14/h4-5,10H,2-3,6-9H2,1H3,(H,15,16). The molecule has 0 aromatic heterocycles. The number of anilines is 1. The third-order valence-corrected chi connectivity index (χ3v) is 8.28. The molecule has 3 rings (SSSR count). The molecule has 1 N–H and O–H groups in total. The zero-order chi connectivity index (χ0) is 17.4. The molecule has 0 saturated carbocycles. The average Bonchev–Trinajstić information content (AvgIpc) is 2.98. The summed E-state index contributed by atoms with van der Waals surface area (Å²) in [6, 6.07) is 4.62. The SMILES string of the molecule is Cc1cc(N2CCCCS2(=O)=O)ccc1S(=O)(=O)NC1=NCCS1. The molecule has 1 saturated heterocycles. The van der Waals surface area contributed by atoms with Gasteiger partial charge in [-0.25, -0.2) is 16.8 Å². The van der Waals surface area contributed by atoms with E-state index in [1.807, 2.05) is 0 Å². The van der Waals surface area contributed by atoms with Gasteiger partial charge in [0.25, 0.3) is 10.0 Å². The van der Waals surface area contributed by atoms with E-state index in [1.165, 1.54) is 22.1 Å². The molecule has 2 heterocycles. The number of amidine groups is 1. The minimum atomic E-state index is -3.72. The van der Waals surface area contributed by atoms with Crippen molar-refractivity contribution in [1.82, 2.24) is 4.72 Å². The fraction of sp³-hybridized carbons (Fsp3) is 0.500. The van der Waals surface area contributed by atoms with Gasteiger partial charge in [0, 0.05) is 12.3 Å². The van der Waals surface area contributed by atoms with Crippen LogP contribution in [0.1, 0.15) is 18.4 Å². The van der Waals surface area contributed by atoms with Crippen LogP contribution in [0.25, 0.3) is 0 Å². The number of hydrogen-bond acceptors (Lipinski definition) is 6. The largest absolute Gasteiger partial charge is 0.270 e. The zero-order valence-electron chi connectivity index (χ0n) is 13.2. The molecule has 1 aromatic rings. The molecule has 7 nitrogen and oxygen atoms in total. The first-order valence-corrected chi connectivity index (χ1v) is 11.7. The van der Waals surface area contributed by atoms with Gasteiger partial charge in [-0.1, -0.05) is 11.8 Å². The smallest absolute Gasteiger partial charge is 0.263 e. The van der Waals surface area contributed by atoms with Gasteiger partial charge in [0.2, 0.25) is 10.0 Å². The summed E-state index contributed by atoms with van der Waals surface area (Å²) in [6.45, 7) is 2.70. The van der Waals surface area contributed by atoms with E-state index in [9.17, 15) is 16.8 Å². The predicted molar refractivity (Wildman–Crippen MR) is 96.6 cm³/mol. The van der Waals surface area contributed by atoms with Crippen LogP contribution in [0.4, 0.5) is 5.69 Å². The van der Waals surface area contributed by atoms with Gasteiger partial charge in [-0.15, -0.1) is 0 Å². The lowest BCUT2D eigenvalue weighted by molar-refractivity contribution is 0.574. The van der Waals surface area contributed by atoms with Crippen LogP contribution < -0.4 is 9.03 Å². The second kappa shape index (κ2) is 6.57. The molecule has 132 valence electrons. The topological polar surface area (TPSA) is 95.9 Å². The number of benzene rings is 1. The lowest BCUT2D eigenvalue weighted by atomic mass is 10.2.